The minimum atomic E-state index is -0.535. The van der Waals surface area contributed by atoms with Crippen LogP contribution in [0, 0.1) is 0 Å². The second-order valence-corrected chi connectivity index (χ2v) is 8.26. The molecule has 0 unspecified atom stereocenters. The van der Waals surface area contributed by atoms with E-state index >= 15 is 0 Å². The molecule has 0 saturated carbocycles. The Labute approximate surface area is 180 Å². The van der Waals surface area contributed by atoms with Crippen molar-refractivity contribution < 1.29 is 9.28 Å². The molecular weight excluding hydrogens is 407 g/mol. The number of quaternary nitrogens is 1. The van der Waals surface area contributed by atoms with Crippen molar-refractivity contribution in [2.45, 2.75) is 18.9 Å². The minimum Gasteiger partial charge on any atom is -0.369 e. The van der Waals surface area contributed by atoms with E-state index in [1.807, 2.05) is 24.3 Å². The average Bonchev–Trinajstić information content (AvgIpc) is 2.58. The van der Waals surface area contributed by atoms with Gasteiger partial charge in [0.1, 0.15) is 0 Å². The number of amides is 1. The number of rotatable bonds is 12. The van der Waals surface area contributed by atoms with Crippen LogP contribution in [-0.2, 0) is 11.2 Å². The highest BCUT2D eigenvalue weighted by Gasteiger charge is 2.15. The van der Waals surface area contributed by atoms with Gasteiger partial charge in [0, 0.05) is 43.5 Å². The van der Waals surface area contributed by atoms with Crippen LogP contribution in [0.3, 0.4) is 0 Å². The fourth-order valence-electron chi connectivity index (χ4n) is 2.66. The fourth-order valence-corrected chi connectivity index (χ4v) is 3.07. The van der Waals surface area contributed by atoms with Gasteiger partial charge in [-0.15, -0.1) is 35.6 Å². The molecule has 0 aliphatic carbocycles. The standard InChI is InChI=1S/C19H32Cl2N4O.ClH/c1-25(2,3)14-4-11-23-19(26)18(22)15-16-5-7-17(8-6-16)24(12-9-20)13-10-21;/h5-8,18H,4,9-15,22H2,1-3H3;1H/p+1/t18-;/m0./s1. The molecule has 0 aromatic heterocycles. The third-order valence-electron chi connectivity index (χ3n) is 4.11. The van der Waals surface area contributed by atoms with Crippen LogP contribution in [0.15, 0.2) is 24.3 Å². The number of anilines is 1. The summed E-state index contributed by atoms with van der Waals surface area (Å²) in [5, 5.41) is 2.93. The van der Waals surface area contributed by atoms with Crippen LogP contribution in [0.5, 0.6) is 0 Å². The number of benzene rings is 1. The van der Waals surface area contributed by atoms with Gasteiger partial charge in [0.2, 0.25) is 5.91 Å². The molecule has 27 heavy (non-hydrogen) atoms. The molecule has 0 radical (unpaired) electrons. The Morgan fingerprint density at radius 2 is 1.70 bits per heavy atom. The molecule has 0 spiro atoms. The van der Waals surface area contributed by atoms with Gasteiger partial charge in [-0.2, -0.15) is 0 Å². The summed E-state index contributed by atoms with van der Waals surface area (Å²) in [6.45, 7) is 3.18. The quantitative estimate of drug-likeness (QED) is 0.298. The molecule has 0 fully saturated rings. The minimum absolute atomic E-state index is 0. The predicted molar refractivity (Wildman–Crippen MR) is 120 cm³/mol. The first-order valence-electron chi connectivity index (χ1n) is 9.06. The van der Waals surface area contributed by atoms with Gasteiger partial charge in [-0.05, 0) is 24.1 Å². The third kappa shape index (κ3) is 11.0. The summed E-state index contributed by atoms with van der Waals surface area (Å²) in [5.41, 5.74) is 8.17. The Balaban J connectivity index is 0.00000676. The summed E-state index contributed by atoms with van der Waals surface area (Å²) in [6.07, 6.45) is 1.46. The van der Waals surface area contributed by atoms with E-state index in [1.165, 1.54) is 0 Å². The lowest BCUT2D eigenvalue weighted by Gasteiger charge is -2.24. The molecule has 3 N–H and O–H groups in total. The molecule has 0 aliphatic rings. The summed E-state index contributed by atoms with van der Waals surface area (Å²) in [4.78, 5) is 14.3. The van der Waals surface area contributed by atoms with Crippen molar-refractivity contribution in [2.24, 2.45) is 5.73 Å². The number of carbonyl (C=O) groups excluding carboxylic acids is 1. The van der Waals surface area contributed by atoms with Gasteiger partial charge >= 0.3 is 0 Å². The monoisotopic (exact) mass is 439 g/mol. The first-order valence-corrected chi connectivity index (χ1v) is 10.1. The third-order valence-corrected chi connectivity index (χ3v) is 4.45. The van der Waals surface area contributed by atoms with E-state index < -0.39 is 6.04 Å². The van der Waals surface area contributed by atoms with Crippen molar-refractivity contribution in [1.82, 2.24) is 5.32 Å². The van der Waals surface area contributed by atoms with Gasteiger partial charge in [0.05, 0.1) is 33.7 Å². The number of nitrogens with zero attached hydrogens (tertiary/aromatic N) is 2. The summed E-state index contributed by atoms with van der Waals surface area (Å²) in [5.74, 6) is 1.01. The topological polar surface area (TPSA) is 58.4 Å². The van der Waals surface area contributed by atoms with Gasteiger partial charge < -0.3 is 20.4 Å². The highest BCUT2D eigenvalue weighted by atomic mass is 35.5. The van der Waals surface area contributed by atoms with Crippen LogP contribution < -0.4 is 16.0 Å². The van der Waals surface area contributed by atoms with Crippen LogP contribution in [0.2, 0.25) is 0 Å². The molecule has 1 amide bonds. The van der Waals surface area contributed by atoms with E-state index in [4.69, 9.17) is 28.9 Å². The molecule has 1 aromatic rings. The molecule has 1 aromatic carbocycles. The highest BCUT2D eigenvalue weighted by Crippen LogP contribution is 2.16. The van der Waals surface area contributed by atoms with Crippen LogP contribution in [0.4, 0.5) is 5.69 Å². The van der Waals surface area contributed by atoms with E-state index in [9.17, 15) is 4.79 Å². The lowest BCUT2D eigenvalue weighted by molar-refractivity contribution is -0.870. The first kappa shape index (κ1) is 26.3. The van der Waals surface area contributed by atoms with Crippen molar-refractivity contribution >= 4 is 47.2 Å². The van der Waals surface area contributed by atoms with Gasteiger partial charge in [-0.1, -0.05) is 12.1 Å². The number of nitrogens with one attached hydrogen (secondary N) is 1. The zero-order valence-corrected chi connectivity index (χ0v) is 18.9. The second-order valence-electron chi connectivity index (χ2n) is 7.50. The Morgan fingerprint density at radius 3 is 2.19 bits per heavy atom. The number of hydrogen-bond acceptors (Lipinski definition) is 3. The smallest absolute Gasteiger partial charge is 0.237 e. The molecule has 0 saturated heterocycles. The molecule has 0 aliphatic heterocycles. The fraction of sp³-hybridized carbons (Fsp3) is 0.632. The second kappa shape index (κ2) is 13.5. The van der Waals surface area contributed by atoms with Crippen LogP contribution in [-0.4, -0.2) is 75.5 Å². The number of halogens is 3. The van der Waals surface area contributed by atoms with Crippen molar-refractivity contribution in [3.05, 3.63) is 29.8 Å². The first-order chi connectivity index (χ1) is 12.3. The zero-order chi connectivity index (χ0) is 19.6. The number of nitrogens with two attached hydrogens (primary N) is 1. The Kier molecular flexibility index (Phi) is 13.1. The van der Waals surface area contributed by atoms with Crippen molar-refractivity contribution in [2.75, 3.05) is 64.0 Å². The van der Waals surface area contributed by atoms with Crippen LogP contribution >= 0.6 is 35.6 Å². The molecular formula is C19H34Cl3N4O+. The SMILES string of the molecule is C[N+](C)(C)CCCNC(=O)[C@@H](N)Cc1ccc(N(CCCl)CCCl)cc1.Cl. The van der Waals surface area contributed by atoms with Gasteiger partial charge in [0.15, 0.2) is 0 Å². The average molecular weight is 441 g/mol. The summed E-state index contributed by atoms with van der Waals surface area (Å²) in [7, 11) is 6.41. The lowest BCUT2D eigenvalue weighted by Crippen LogP contribution is -2.43. The summed E-state index contributed by atoms with van der Waals surface area (Å²) < 4.78 is 0.888. The Morgan fingerprint density at radius 1 is 1.15 bits per heavy atom. The van der Waals surface area contributed by atoms with E-state index in [2.05, 4.69) is 31.4 Å². The molecule has 1 atom stereocenters. The molecule has 156 valence electrons. The van der Waals surface area contributed by atoms with E-state index in [1.54, 1.807) is 0 Å². The maximum atomic E-state index is 12.1. The predicted octanol–water partition coefficient (Wildman–Crippen LogP) is 2.47. The number of carbonyl (C=O) groups is 1. The van der Waals surface area contributed by atoms with E-state index in [-0.39, 0.29) is 18.3 Å². The molecule has 1 rings (SSSR count). The normalized spacial score (nSPS) is 12.2. The molecule has 0 heterocycles. The zero-order valence-electron chi connectivity index (χ0n) is 16.6. The van der Waals surface area contributed by atoms with Gasteiger partial charge in [0.25, 0.3) is 0 Å². The Hall–Kier alpha value is -0.720. The number of alkyl halides is 2. The highest BCUT2D eigenvalue weighted by molar-refractivity contribution is 6.18. The maximum absolute atomic E-state index is 12.1. The van der Waals surface area contributed by atoms with Crippen molar-refractivity contribution in [3.63, 3.8) is 0 Å². The molecule has 8 heteroatoms. The van der Waals surface area contributed by atoms with Gasteiger partial charge in [-0.3, -0.25) is 4.79 Å². The van der Waals surface area contributed by atoms with Crippen molar-refractivity contribution in [1.29, 1.82) is 0 Å². The lowest BCUT2D eigenvalue weighted by atomic mass is 10.1. The van der Waals surface area contributed by atoms with Crippen LogP contribution in [0.1, 0.15) is 12.0 Å². The summed E-state index contributed by atoms with van der Waals surface area (Å²) in [6, 6.07) is 7.54. The molecule has 5 nitrogen and oxygen atoms in total. The van der Waals surface area contributed by atoms with Crippen LogP contribution in [0.25, 0.3) is 0 Å². The van der Waals surface area contributed by atoms with E-state index in [0.29, 0.717) is 24.7 Å². The van der Waals surface area contributed by atoms with Crippen molar-refractivity contribution in [3.8, 4) is 0 Å². The van der Waals surface area contributed by atoms with Gasteiger partial charge in [-0.25, -0.2) is 0 Å². The Bertz CT molecular complexity index is 529. The molecule has 0 bridgehead atoms. The van der Waals surface area contributed by atoms with E-state index in [0.717, 1.165) is 41.8 Å². The largest absolute Gasteiger partial charge is 0.369 e. The number of hydrogen-bond donors (Lipinski definition) is 2. The summed E-state index contributed by atoms with van der Waals surface area (Å²) >= 11 is 11.7. The maximum Gasteiger partial charge on any atom is 0.237 e.